The second-order valence-corrected chi connectivity index (χ2v) is 6.12. The molecule has 0 radical (unpaired) electrons. The van der Waals surface area contributed by atoms with Crippen molar-refractivity contribution in [1.29, 1.82) is 0 Å². The molecule has 1 aromatic carbocycles. The van der Waals surface area contributed by atoms with E-state index in [1.165, 1.54) is 0 Å². The van der Waals surface area contributed by atoms with Gasteiger partial charge in [-0.3, -0.25) is 4.79 Å². The fraction of sp³-hybridized carbons (Fsp3) is 0.263. The van der Waals surface area contributed by atoms with Crippen molar-refractivity contribution in [2.24, 2.45) is 0 Å². The molecule has 0 atom stereocenters. The van der Waals surface area contributed by atoms with Crippen LogP contribution in [0.15, 0.2) is 54.9 Å². The van der Waals surface area contributed by atoms with Crippen molar-refractivity contribution in [3.63, 3.8) is 0 Å². The fourth-order valence-corrected chi connectivity index (χ4v) is 2.96. The number of nitrogens with one attached hydrogen (secondary N) is 1. The Hall–Kier alpha value is -2.33. The third-order valence-corrected chi connectivity index (χ3v) is 4.36. The largest absolute Gasteiger partial charge is 0.356 e. The Labute approximate surface area is 146 Å². The average molecular weight is 342 g/mol. The molecule has 0 bridgehead atoms. The predicted molar refractivity (Wildman–Crippen MR) is 96.3 cm³/mol. The van der Waals surface area contributed by atoms with E-state index >= 15 is 0 Å². The third kappa shape index (κ3) is 4.15. The van der Waals surface area contributed by atoms with Crippen LogP contribution in [-0.2, 0) is 17.6 Å². The van der Waals surface area contributed by atoms with E-state index in [0.29, 0.717) is 19.4 Å². The number of amides is 1. The molecule has 0 saturated heterocycles. The summed E-state index contributed by atoms with van der Waals surface area (Å²) in [7, 11) is 0. The summed E-state index contributed by atoms with van der Waals surface area (Å²) in [6, 6.07) is 13.8. The Bertz CT molecular complexity index is 828. The average Bonchev–Trinajstić information content (AvgIpc) is 3.00. The number of carbonyl (C=O) groups excluding carboxylic acids is 1. The Morgan fingerprint density at radius 2 is 1.96 bits per heavy atom. The first-order valence-electron chi connectivity index (χ1n) is 8.15. The van der Waals surface area contributed by atoms with Crippen molar-refractivity contribution < 1.29 is 4.79 Å². The molecular weight excluding hydrogens is 322 g/mol. The minimum atomic E-state index is 0.0721. The number of hydrogen-bond acceptors (Lipinski definition) is 2. The zero-order chi connectivity index (χ0) is 16.8. The predicted octanol–water partition coefficient (Wildman–Crippen LogP) is 3.67. The number of aryl methyl sites for hydroxylation is 1. The number of hydrogen-bond donors (Lipinski definition) is 1. The minimum absolute atomic E-state index is 0.0721. The van der Waals surface area contributed by atoms with Crippen molar-refractivity contribution in [3.05, 3.63) is 71.3 Å². The summed E-state index contributed by atoms with van der Waals surface area (Å²) < 4.78 is 2.05. The molecule has 0 aliphatic rings. The highest BCUT2D eigenvalue weighted by Gasteiger charge is 2.06. The molecule has 2 heterocycles. The van der Waals surface area contributed by atoms with Gasteiger partial charge in [-0.15, -0.1) is 0 Å². The normalized spacial score (nSPS) is 10.9. The molecule has 24 heavy (non-hydrogen) atoms. The van der Waals surface area contributed by atoms with Gasteiger partial charge in [0, 0.05) is 30.6 Å². The van der Waals surface area contributed by atoms with Gasteiger partial charge in [-0.2, -0.15) is 0 Å². The van der Waals surface area contributed by atoms with Crippen LogP contribution in [0.5, 0.6) is 0 Å². The molecule has 4 nitrogen and oxygen atoms in total. The summed E-state index contributed by atoms with van der Waals surface area (Å²) in [6.07, 6.45) is 6.67. The highest BCUT2D eigenvalue weighted by atomic mass is 35.5. The molecule has 0 aliphatic carbocycles. The van der Waals surface area contributed by atoms with E-state index in [-0.39, 0.29) is 5.91 Å². The van der Waals surface area contributed by atoms with Crippen LogP contribution in [0.3, 0.4) is 0 Å². The number of fused-ring (bicyclic) bond motifs is 1. The van der Waals surface area contributed by atoms with Gasteiger partial charge < -0.3 is 9.72 Å². The standard InChI is InChI=1S/C19H20ClN3O/c20-17-9-2-1-6-15(17)7-5-10-19(24)21-12-11-18-22-14-16-8-3-4-13-23(16)18/h1-4,6,8-9,13-14H,5,7,10-12H2,(H,21,24). The molecule has 1 amide bonds. The van der Waals surface area contributed by atoms with Gasteiger partial charge in [-0.05, 0) is 36.6 Å². The van der Waals surface area contributed by atoms with E-state index in [0.717, 1.165) is 34.8 Å². The van der Waals surface area contributed by atoms with Crippen molar-refractivity contribution >= 4 is 23.0 Å². The van der Waals surface area contributed by atoms with Crippen LogP contribution in [-0.4, -0.2) is 21.8 Å². The first-order chi connectivity index (χ1) is 11.7. The first kappa shape index (κ1) is 16.5. The van der Waals surface area contributed by atoms with Crippen LogP contribution in [0.4, 0.5) is 0 Å². The Kier molecular flexibility index (Phi) is 5.49. The molecular formula is C19H20ClN3O. The molecule has 0 aliphatic heterocycles. The zero-order valence-electron chi connectivity index (χ0n) is 13.4. The summed E-state index contributed by atoms with van der Waals surface area (Å²) in [6.45, 7) is 0.596. The number of benzene rings is 1. The smallest absolute Gasteiger partial charge is 0.220 e. The molecule has 1 N–H and O–H groups in total. The molecule has 3 aromatic rings. The van der Waals surface area contributed by atoms with Crippen LogP contribution >= 0.6 is 11.6 Å². The second-order valence-electron chi connectivity index (χ2n) is 5.71. The lowest BCUT2D eigenvalue weighted by Gasteiger charge is -2.06. The number of carbonyl (C=O) groups is 1. The van der Waals surface area contributed by atoms with Gasteiger partial charge in [-0.25, -0.2) is 4.98 Å². The van der Waals surface area contributed by atoms with Gasteiger partial charge in [0.05, 0.1) is 11.7 Å². The highest BCUT2D eigenvalue weighted by molar-refractivity contribution is 6.31. The fourth-order valence-electron chi connectivity index (χ4n) is 2.73. The maximum atomic E-state index is 11.9. The lowest BCUT2D eigenvalue weighted by atomic mass is 10.1. The third-order valence-electron chi connectivity index (χ3n) is 3.99. The maximum absolute atomic E-state index is 11.9. The number of nitrogens with zero attached hydrogens (tertiary/aromatic N) is 2. The molecule has 124 valence electrons. The monoisotopic (exact) mass is 341 g/mol. The number of halogens is 1. The van der Waals surface area contributed by atoms with Crippen molar-refractivity contribution in [1.82, 2.24) is 14.7 Å². The molecule has 0 spiro atoms. The summed E-state index contributed by atoms with van der Waals surface area (Å²) in [4.78, 5) is 16.3. The van der Waals surface area contributed by atoms with E-state index in [4.69, 9.17) is 11.6 Å². The van der Waals surface area contributed by atoms with Crippen molar-refractivity contribution in [3.8, 4) is 0 Å². The van der Waals surface area contributed by atoms with Gasteiger partial charge >= 0.3 is 0 Å². The lowest BCUT2D eigenvalue weighted by molar-refractivity contribution is -0.121. The summed E-state index contributed by atoms with van der Waals surface area (Å²) in [5.74, 6) is 1.03. The molecule has 3 rings (SSSR count). The van der Waals surface area contributed by atoms with E-state index in [2.05, 4.69) is 10.3 Å². The Morgan fingerprint density at radius 1 is 1.12 bits per heavy atom. The molecule has 5 heteroatoms. The van der Waals surface area contributed by atoms with E-state index in [9.17, 15) is 4.79 Å². The van der Waals surface area contributed by atoms with Gasteiger partial charge in [-0.1, -0.05) is 35.9 Å². The molecule has 0 saturated carbocycles. The SMILES string of the molecule is O=C(CCCc1ccccc1Cl)NCCc1ncc2ccccn12. The van der Waals surface area contributed by atoms with Crippen molar-refractivity contribution in [2.75, 3.05) is 6.54 Å². The van der Waals surface area contributed by atoms with Gasteiger partial charge in [0.2, 0.25) is 5.91 Å². The summed E-state index contributed by atoms with van der Waals surface area (Å²) >= 11 is 6.12. The minimum Gasteiger partial charge on any atom is -0.356 e. The maximum Gasteiger partial charge on any atom is 0.220 e. The van der Waals surface area contributed by atoms with Gasteiger partial charge in [0.1, 0.15) is 5.82 Å². The Balaban J connectivity index is 1.41. The van der Waals surface area contributed by atoms with E-state index < -0.39 is 0 Å². The topological polar surface area (TPSA) is 46.4 Å². The number of aromatic nitrogens is 2. The van der Waals surface area contributed by atoms with Crippen LogP contribution in [0.25, 0.3) is 5.52 Å². The van der Waals surface area contributed by atoms with Crippen LogP contribution < -0.4 is 5.32 Å². The lowest BCUT2D eigenvalue weighted by Crippen LogP contribution is -2.26. The summed E-state index contributed by atoms with van der Waals surface area (Å²) in [5.41, 5.74) is 2.16. The zero-order valence-corrected chi connectivity index (χ0v) is 14.2. The van der Waals surface area contributed by atoms with E-state index in [1.807, 2.05) is 59.3 Å². The number of rotatable bonds is 7. The van der Waals surface area contributed by atoms with Crippen LogP contribution in [0, 0.1) is 0 Å². The second kappa shape index (κ2) is 7.97. The van der Waals surface area contributed by atoms with Crippen LogP contribution in [0.2, 0.25) is 5.02 Å². The highest BCUT2D eigenvalue weighted by Crippen LogP contribution is 2.17. The van der Waals surface area contributed by atoms with E-state index in [1.54, 1.807) is 0 Å². The molecule has 0 unspecified atom stereocenters. The van der Waals surface area contributed by atoms with Crippen molar-refractivity contribution in [2.45, 2.75) is 25.7 Å². The Morgan fingerprint density at radius 3 is 2.83 bits per heavy atom. The molecule has 0 fully saturated rings. The molecule has 2 aromatic heterocycles. The quantitative estimate of drug-likeness (QED) is 0.712. The summed E-state index contributed by atoms with van der Waals surface area (Å²) in [5, 5.41) is 3.73. The van der Waals surface area contributed by atoms with Crippen LogP contribution in [0.1, 0.15) is 24.2 Å². The number of imidazole rings is 1. The first-order valence-corrected chi connectivity index (χ1v) is 8.53. The van der Waals surface area contributed by atoms with Gasteiger partial charge in [0.25, 0.3) is 0 Å². The van der Waals surface area contributed by atoms with Gasteiger partial charge in [0.15, 0.2) is 0 Å². The number of pyridine rings is 1.